The van der Waals surface area contributed by atoms with Gasteiger partial charge in [0.25, 0.3) is 5.91 Å². The number of carbonyl (C=O) groups is 1. The van der Waals surface area contributed by atoms with E-state index in [1.165, 1.54) is 24.6 Å². The Hall–Kier alpha value is -2.17. The van der Waals surface area contributed by atoms with Crippen LogP contribution in [0.4, 0.5) is 4.39 Å². The molecule has 2 aromatic rings. The monoisotopic (exact) mass is 234 g/mol. The molecule has 0 spiro atoms. The lowest BCUT2D eigenvalue weighted by Gasteiger charge is -2.04. The third kappa shape index (κ3) is 2.50. The van der Waals surface area contributed by atoms with Crippen molar-refractivity contribution in [3.63, 3.8) is 0 Å². The first kappa shape index (κ1) is 11.3. The summed E-state index contributed by atoms with van der Waals surface area (Å²) in [4.78, 5) is 15.6. The molecule has 4 nitrogen and oxygen atoms in total. The van der Waals surface area contributed by atoms with E-state index in [2.05, 4.69) is 10.3 Å². The van der Waals surface area contributed by atoms with Gasteiger partial charge in [0, 0.05) is 0 Å². The lowest BCUT2D eigenvalue weighted by Crippen LogP contribution is -2.23. The number of nitrogens with zero attached hydrogens (tertiary/aromatic N) is 1. The summed E-state index contributed by atoms with van der Waals surface area (Å²) in [6.07, 6.45) is 1.31. The second-order valence-corrected chi connectivity index (χ2v) is 3.52. The second-order valence-electron chi connectivity index (χ2n) is 3.52. The van der Waals surface area contributed by atoms with Gasteiger partial charge in [0.05, 0.1) is 17.8 Å². The lowest BCUT2D eigenvalue weighted by atomic mass is 10.2. The number of nitrogens with one attached hydrogen (secondary N) is 1. The minimum absolute atomic E-state index is 0.0182. The predicted octanol–water partition coefficient (Wildman–Crippen LogP) is 2.05. The Kier molecular flexibility index (Phi) is 3.18. The van der Waals surface area contributed by atoms with Crippen molar-refractivity contribution >= 4 is 5.91 Å². The van der Waals surface area contributed by atoms with Crippen molar-refractivity contribution in [1.82, 2.24) is 10.3 Å². The first-order valence-corrected chi connectivity index (χ1v) is 5.10. The zero-order valence-electron chi connectivity index (χ0n) is 9.24. The van der Waals surface area contributed by atoms with Crippen LogP contribution in [0.2, 0.25) is 0 Å². The number of halogens is 1. The van der Waals surface area contributed by atoms with Crippen LogP contribution in [-0.2, 0) is 6.54 Å². The Bertz CT molecular complexity index is 537. The van der Waals surface area contributed by atoms with Crippen LogP contribution in [0, 0.1) is 12.7 Å². The van der Waals surface area contributed by atoms with Crippen molar-refractivity contribution in [2.75, 3.05) is 0 Å². The van der Waals surface area contributed by atoms with Gasteiger partial charge in [-0.3, -0.25) is 4.79 Å². The fourth-order valence-electron chi connectivity index (χ4n) is 1.40. The van der Waals surface area contributed by atoms with Gasteiger partial charge in [0.1, 0.15) is 11.6 Å². The van der Waals surface area contributed by atoms with Crippen molar-refractivity contribution in [3.8, 4) is 0 Å². The molecule has 0 bridgehead atoms. The summed E-state index contributed by atoms with van der Waals surface area (Å²) < 4.78 is 18.3. The summed E-state index contributed by atoms with van der Waals surface area (Å²) in [5.74, 6) is -0.451. The molecule has 0 unspecified atom stereocenters. The smallest absolute Gasteiger partial charge is 0.254 e. The van der Waals surface area contributed by atoms with Crippen LogP contribution in [0.1, 0.15) is 21.8 Å². The maximum atomic E-state index is 13.3. The first-order valence-electron chi connectivity index (χ1n) is 5.10. The van der Waals surface area contributed by atoms with Gasteiger partial charge in [-0.25, -0.2) is 9.37 Å². The molecule has 88 valence electrons. The molecule has 1 heterocycles. The molecular formula is C12H11FN2O2. The summed E-state index contributed by atoms with van der Waals surface area (Å²) in [5, 5.41) is 2.57. The zero-order chi connectivity index (χ0) is 12.3. The maximum absolute atomic E-state index is 13.3. The Morgan fingerprint density at radius 2 is 2.24 bits per heavy atom. The predicted molar refractivity (Wildman–Crippen MR) is 58.8 cm³/mol. The van der Waals surface area contributed by atoms with Gasteiger partial charge in [-0.1, -0.05) is 12.1 Å². The van der Waals surface area contributed by atoms with Crippen molar-refractivity contribution in [1.29, 1.82) is 0 Å². The molecule has 0 aliphatic carbocycles. The lowest BCUT2D eigenvalue weighted by molar-refractivity contribution is 0.0944. The van der Waals surface area contributed by atoms with Crippen LogP contribution in [0.25, 0.3) is 0 Å². The number of oxazole rings is 1. The Balaban J connectivity index is 2.04. The number of hydrogen-bond acceptors (Lipinski definition) is 3. The molecule has 0 saturated heterocycles. The molecule has 1 N–H and O–H groups in total. The Morgan fingerprint density at radius 1 is 1.47 bits per heavy atom. The van der Waals surface area contributed by atoms with E-state index >= 15 is 0 Å². The zero-order valence-corrected chi connectivity index (χ0v) is 9.24. The van der Waals surface area contributed by atoms with Crippen molar-refractivity contribution in [3.05, 3.63) is 53.5 Å². The van der Waals surface area contributed by atoms with E-state index in [0.717, 1.165) is 0 Å². The van der Waals surface area contributed by atoms with Crippen LogP contribution >= 0.6 is 0 Å². The van der Waals surface area contributed by atoms with Crippen molar-refractivity contribution < 1.29 is 13.6 Å². The van der Waals surface area contributed by atoms with E-state index in [4.69, 9.17) is 4.42 Å². The van der Waals surface area contributed by atoms with Gasteiger partial charge in [-0.2, -0.15) is 0 Å². The topological polar surface area (TPSA) is 55.1 Å². The van der Waals surface area contributed by atoms with Crippen LogP contribution in [0.15, 0.2) is 35.1 Å². The highest BCUT2D eigenvalue weighted by molar-refractivity contribution is 5.94. The molecule has 1 aromatic carbocycles. The Labute approximate surface area is 97.5 Å². The summed E-state index contributed by atoms with van der Waals surface area (Å²) in [5.41, 5.74) is 0.725. The van der Waals surface area contributed by atoms with E-state index < -0.39 is 11.7 Å². The standard InChI is InChI=1S/C12H11FN2O2/c1-8-11(17-7-15-8)6-14-12(16)9-4-2-3-5-10(9)13/h2-5,7H,6H2,1H3,(H,14,16). The molecule has 0 atom stereocenters. The second kappa shape index (κ2) is 4.78. The maximum Gasteiger partial charge on any atom is 0.254 e. The number of aromatic nitrogens is 1. The molecule has 0 saturated carbocycles. The molecule has 0 radical (unpaired) electrons. The highest BCUT2D eigenvalue weighted by Crippen LogP contribution is 2.08. The number of rotatable bonds is 3. The first-order chi connectivity index (χ1) is 8.18. The van der Waals surface area contributed by atoms with Gasteiger partial charge in [-0.15, -0.1) is 0 Å². The molecule has 17 heavy (non-hydrogen) atoms. The van der Waals surface area contributed by atoms with E-state index in [1.54, 1.807) is 13.0 Å². The van der Waals surface area contributed by atoms with Gasteiger partial charge in [-0.05, 0) is 19.1 Å². The highest BCUT2D eigenvalue weighted by atomic mass is 19.1. The number of hydrogen-bond donors (Lipinski definition) is 1. The number of benzene rings is 1. The van der Waals surface area contributed by atoms with Crippen LogP contribution in [0.3, 0.4) is 0 Å². The molecule has 2 rings (SSSR count). The molecular weight excluding hydrogens is 223 g/mol. The minimum atomic E-state index is -0.542. The van der Waals surface area contributed by atoms with Crippen molar-refractivity contribution in [2.24, 2.45) is 0 Å². The quantitative estimate of drug-likeness (QED) is 0.884. The third-order valence-electron chi connectivity index (χ3n) is 2.37. The van der Waals surface area contributed by atoms with E-state index in [9.17, 15) is 9.18 Å². The van der Waals surface area contributed by atoms with E-state index in [1.807, 2.05) is 0 Å². The fourth-order valence-corrected chi connectivity index (χ4v) is 1.40. The summed E-state index contributed by atoms with van der Waals surface area (Å²) in [6.45, 7) is 1.97. The van der Waals surface area contributed by atoms with Crippen LogP contribution < -0.4 is 5.32 Å². The fraction of sp³-hybridized carbons (Fsp3) is 0.167. The average Bonchev–Trinajstić information content (AvgIpc) is 2.72. The van der Waals surface area contributed by atoms with Gasteiger partial charge in [0.15, 0.2) is 6.39 Å². The highest BCUT2D eigenvalue weighted by Gasteiger charge is 2.11. The molecule has 5 heteroatoms. The largest absolute Gasteiger partial charge is 0.446 e. The Morgan fingerprint density at radius 3 is 2.88 bits per heavy atom. The average molecular weight is 234 g/mol. The molecule has 0 aliphatic rings. The van der Waals surface area contributed by atoms with Gasteiger partial charge in [0.2, 0.25) is 0 Å². The summed E-state index contributed by atoms with van der Waals surface area (Å²) in [7, 11) is 0. The summed E-state index contributed by atoms with van der Waals surface area (Å²) in [6, 6.07) is 5.82. The summed E-state index contributed by atoms with van der Waals surface area (Å²) >= 11 is 0. The van der Waals surface area contributed by atoms with Gasteiger partial charge >= 0.3 is 0 Å². The normalized spacial score (nSPS) is 10.2. The molecule has 0 aliphatic heterocycles. The van der Waals surface area contributed by atoms with E-state index in [0.29, 0.717) is 11.5 Å². The van der Waals surface area contributed by atoms with E-state index in [-0.39, 0.29) is 12.1 Å². The van der Waals surface area contributed by atoms with Crippen molar-refractivity contribution in [2.45, 2.75) is 13.5 Å². The number of aryl methyl sites for hydroxylation is 1. The van der Waals surface area contributed by atoms with Crippen LogP contribution in [-0.4, -0.2) is 10.9 Å². The number of carbonyl (C=O) groups excluding carboxylic acids is 1. The minimum Gasteiger partial charge on any atom is -0.446 e. The molecule has 0 fully saturated rings. The molecule has 1 aromatic heterocycles. The van der Waals surface area contributed by atoms with Crippen LogP contribution in [0.5, 0.6) is 0 Å². The number of amides is 1. The SMILES string of the molecule is Cc1ncoc1CNC(=O)c1ccccc1F. The van der Waals surface area contributed by atoms with Gasteiger partial charge < -0.3 is 9.73 Å². The molecule has 1 amide bonds. The third-order valence-corrected chi connectivity index (χ3v) is 2.37.